The van der Waals surface area contributed by atoms with Gasteiger partial charge in [0.15, 0.2) is 5.01 Å². The minimum atomic E-state index is -0.722. The molecule has 0 spiro atoms. The standard InChI is InChI=1S/C19H15Cl2N5O3S/c1-2-29-19(28)15(25-23-13-9-5-3-7-11(13)20)17-22-16(27)18(30-17)26-24-14-10-6-4-8-12(14)21/h3-10,23,27H,2H2,1H3/b25-15-,26-24?. The first kappa shape index (κ1) is 21.7. The van der Waals surface area contributed by atoms with Gasteiger partial charge in [-0.25, -0.2) is 4.79 Å². The number of nitrogens with zero attached hydrogens (tertiary/aromatic N) is 4. The van der Waals surface area contributed by atoms with Crippen molar-refractivity contribution in [2.45, 2.75) is 6.92 Å². The summed E-state index contributed by atoms with van der Waals surface area (Å²) in [5, 5.41) is 23.2. The molecule has 30 heavy (non-hydrogen) atoms. The molecule has 0 atom stereocenters. The summed E-state index contributed by atoms with van der Waals surface area (Å²) in [6, 6.07) is 13.7. The van der Waals surface area contributed by atoms with Crippen LogP contribution in [0.25, 0.3) is 0 Å². The first-order valence-corrected chi connectivity index (χ1v) is 10.2. The molecule has 2 aromatic carbocycles. The lowest BCUT2D eigenvalue weighted by molar-refractivity contribution is -0.134. The monoisotopic (exact) mass is 463 g/mol. The number of nitrogens with one attached hydrogen (secondary N) is 1. The molecular weight excluding hydrogens is 449 g/mol. The normalized spacial score (nSPS) is 11.6. The Labute approximate surface area is 185 Å². The molecule has 8 nitrogen and oxygen atoms in total. The second-order valence-electron chi connectivity index (χ2n) is 5.57. The molecule has 0 aliphatic carbocycles. The summed E-state index contributed by atoms with van der Waals surface area (Å²) in [6.07, 6.45) is 0. The number of aromatic nitrogens is 1. The number of hydrogen-bond acceptors (Lipinski definition) is 9. The van der Waals surface area contributed by atoms with E-state index in [-0.39, 0.29) is 22.3 Å². The Morgan fingerprint density at radius 3 is 2.53 bits per heavy atom. The van der Waals surface area contributed by atoms with Crippen LogP contribution < -0.4 is 5.43 Å². The molecule has 3 rings (SSSR count). The van der Waals surface area contributed by atoms with Crippen LogP contribution in [0.5, 0.6) is 5.88 Å². The first-order chi connectivity index (χ1) is 14.5. The maximum absolute atomic E-state index is 12.4. The summed E-state index contributed by atoms with van der Waals surface area (Å²) in [4.78, 5) is 16.3. The number of aromatic hydroxyl groups is 1. The number of hydrazone groups is 1. The zero-order valence-electron chi connectivity index (χ0n) is 15.5. The molecule has 154 valence electrons. The summed E-state index contributed by atoms with van der Waals surface area (Å²) in [5.41, 5.74) is 3.48. The third-order valence-corrected chi connectivity index (χ3v) is 5.11. The summed E-state index contributed by atoms with van der Waals surface area (Å²) in [5.74, 6) is -1.12. The Hall–Kier alpha value is -3.01. The minimum absolute atomic E-state index is 0.0830. The molecule has 0 aliphatic heterocycles. The van der Waals surface area contributed by atoms with Crippen molar-refractivity contribution in [2.75, 3.05) is 12.0 Å². The lowest BCUT2D eigenvalue weighted by atomic mass is 10.3. The van der Waals surface area contributed by atoms with Crippen LogP contribution in [0.2, 0.25) is 10.0 Å². The quantitative estimate of drug-likeness (QED) is 0.194. The highest BCUT2D eigenvalue weighted by Crippen LogP contribution is 2.36. The molecule has 0 unspecified atom stereocenters. The number of para-hydroxylation sites is 1. The van der Waals surface area contributed by atoms with E-state index in [2.05, 4.69) is 25.7 Å². The fourth-order valence-corrected chi connectivity index (χ4v) is 3.26. The Kier molecular flexibility index (Phi) is 7.34. The van der Waals surface area contributed by atoms with E-state index in [1.165, 1.54) is 0 Å². The van der Waals surface area contributed by atoms with E-state index in [1.807, 2.05) is 0 Å². The largest absolute Gasteiger partial charge is 0.491 e. The molecule has 2 N–H and O–H groups in total. The lowest BCUT2D eigenvalue weighted by Gasteiger charge is -2.06. The summed E-state index contributed by atoms with van der Waals surface area (Å²) in [7, 11) is 0. The summed E-state index contributed by atoms with van der Waals surface area (Å²) in [6.45, 7) is 1.81. The van der Waals surface area contributed by atoms with Gasteiger partial charge in [-0.05, 0) is 31.2 Å². The van der Waals surface area contributed by atoms with Crippen molar-refractivity contribution in [2.24, 2.45) is 15.3 Å². The first-order valence-electron chi connectivity index (χ1n) is 8.61. The van der Waals surface area contributed by atoms with E-state index in [4.69, 9.17) is 27.9 Å². The molecule has 0 fully saturated rings. The third-order valence-electron chi connectivity index (χ3n) is 3.53. The zero-order chi connectivity index (χ0) is 21.5. The van der Waals surface area contributed by atoms with Crippen molar-refractivity contribution < 1.29 is 14.6 Å². The molecule has 0 saturated heterocycles. The number of ether oxygens (including phenoxy) is 1. The van der Waals surface area contributed by atoms with Gasteiger partial charge in [-0.3, -0.25) is 5.43 Å². The van der Waals surface area contributed by atoms with Crippen molar-refractivity contribution >= 4 is 62.6 Å². The fraction of sp³-hybridized carbons (Fsp3) is 0.105. The molecule has 1 aromatic heterocycles. The number of hydrogen-bond donors (Lipinski definition) is 2. The maximum atomic E-state index is 12.4. The predicted molar refractivity (Wildman–Crippen MR) is 118 cm³/mol. The van der Waals surface area contributed by atoms with Crippen LogP contribution in [0.4, 0.5) is 16.4 Å². The number of anilines is 1. The van der Waals surface area contributed by atoms with Crippen molar-refractivity contribution in [1.82, 2.24) is 4.98 Å². The number of rotatable bonds is 7. The third kappa shape index (κ3) is 5.32. The van der Waals surface area contributed by atoms with E-state index in [9.17, 15) is 9.90 Å². The van der Waals surface area contributed by atoms with Gasteiger partial charge in [0.25, 0.3) is 5.88 Å². The highest BCUT2D eigenvalue weighted by Gasteiger charge is 2.23. The zero-order valence-corrected chi connectivity index (χ0v) is 17.9. The molecule has 11 heteroatoms. The number of esters is 1. The molecular formula is C19H15Cl2N5O3S. The molecule has 1 heterocycles. The average molecular weight is 464 g/mol. The van der Waals surface area contributed by atoms with E-state index in [0.29, 0.717) is 21.4 Å². The molecule has 0 bridgehead atoms. The van der Waals surface area contributed by atoms with Crippen LogP contribution in [0.1, 0.15) is 11.9 Å². The number of benzene rings is 2. The van der Waals surface area contributed by atoms with E-state index < -0.39 is 11.8 Å². The van der Waals surface area contributed by atoms with Crippen LogP contribution >= 0.6 is 34.5 Å². The van der Waals surface area contributed by atoms with Crippen molar-refractivity contribution in [3.63, 3.8) is 0 Å². The second kappa shape index (κ2) is 10.1. The van der Waals surface area contributed by atoms with Crippen LogP contribution in [0.15, 0.2) is 63.9 Å². The highest BCUT2D eigenvalue weighted by molar-refractivity contribution is 7.18. The Morgan fingerprint density at radius 2 is 1.83 bits per heavy atom. The average Bonchev–Trinajstić information content (AvgIpc) is 3.09. The molecule has 0 radical (unpaired) electrons. The highest BCUT2D eigenvalue weighted by atomic mass is 35.5. The Morgan fingerprint density at radius 1 is 1.13 bits per heavy atom. The van der Waals surface area contributed by atoms with E-state index in [0.717, 1.165) is 11.3 Å². The number of thiazole rings is 1. The topological polar surface area (TPSA) is 109 Å². The minimum Gasteiger partial charge on any atom is -0.491 e. The number of halogens is 2. The van der Waals surface area contributed by atoms with Gasteiger partial charge >= 0.3 is 5.97 Å². The summed E-state index contributed by atoms with van der Waals surface area (Å²) < 4.78 is 5.04. The van der Waals surface area contributed by atoms with Crippen LogP contribution in [-0.2, 0) is 9.53 Å². The SMILES string of the molecule is CCOC(=O)/C(=N\Nc1ccccc1Cl)c1nc(O)c(N=Nc2ccccc2Cl)s1. The van der Waals surface area contributed by atoms with Gasteiger partial charge in [-0.15, -0.1) is 10.2 Å². The van der Waals surface area contributed by atoms with Crippen molar-refractivity contribution in [3.8, 4) is 5.88 Å². The Bertz CT molecular complexity index is 1120. The van der Waals surface area contributed by atoms with E-state index >= 15 is 0 Å². The van der Waals surface area contributed by atoms with Gasteiger partial charge in [0, 0.05) is 0 Å². The van der Waals surface area contributed by atoms with Gasteiger partial charge in [-0.1, -0.05) is 58.8 Å². The number of azo groups is 1. The molecule has 0 aliphatic rings. The fourth-order valence-electron chi connectivity index (χ4n) is 2.15. The van der Waals surface area contributed by atoms with Crippen LogP contribution in [0, 0.1) is 0 Å². The maximum Gasteiger partial charge on any atom is 0.361 e. The lowest BCUT2D eigenvalue weighted by Crippen LogP contribution is -2.20. The number of carbonyl (C=O) groups excluding carboxylic acids is 1. The van der Waals surface area contributed by atoms with Gasteiger partial charge in [0.05, 0.1) is 22.3 Å². The van der Waals surface area contributed by atoms with Crippen LogP contribution in [-0.4, -0.2) is 28.4 Å². The van der Waals surface area contributed by atoms with Crippen molar-refractivity contribution in [1.29, 1.82) is 0 Å². The number of carbonyl (C=O) groups is 1. The van der Waals surface area contributed by atoms with Crippen LogP contribution in [0.3, 0.4) is 0 Å². The Balaban J connectivity index is 1.91. The van der Waals surface area contributed by atoms with Gasteiger partial charge < -0.3 is 9.84 Å². The van der Waals surface area contributed by atoms with Gasteiger partial charge in [-0.2, -0.15) is 10.1 Å². The van der Waals surface area contributed by atoms with Gasteiger partial charge in [0.1, 0.15) is 5.69 Å². The molecule has 0 saturated carbocycles. The van der Waals surface area contributed by atoms with Crippen molar-refractivity contribution in [3.05, 3.63) is 63.6 Å². The van der Waals surface area contributed by atoms with E-state index in [1.54, 1.807) is 55.5 Å². The second-order valence-corrected chi connectivity index (χ2v) is 7.36. The van der Waals surface area contributed by atoms with Gasteiger partial charge in [0.2, 0.25) is 10.7 Å². The molecule has 3 aromatic rings. The smallest absolute Gasteiger partial charge is 0.361 e. The predicted octanol–water partition coefficient (Wildman–Crippen LogP) is 5.95. The summed E-state index contributed by atoms with van der Waals surface area (Å²) >= 11 is 13.1. The molecule has 0 amide bonds.